The van der Waals surface area contributed by atoms with Crippen LogP contribution in [0.2, 0.25) is 5.02 Å². The van der Waals surface area contributed by atoms with E-state index in [9.17, 15) is 4.79 Å². The van der Waals surface area contributed by atoms with Crippen LogP contribution in [-0.2, 0) is 11.2 Å². The summed E-state index contributed by atoms with van der Waals surface area (Å²) in [4.78, 5) is 11.5. The molecule has 1 aliphatic rings. The summed E-state index contributed by atoms with van der Waals surface area (Å²) in [6.45, 7) is 0.829. The largest absolute Gasteiger partial charge is 0.356 e. The molecule has 1 heterocycles. The van der Waals surface area contributed by atoms with Gasteiger partial charge in [0.15, 0.2) is 0 Å². The van der Waals surface area contributed by atoms with Gasteiger partial charge in [-0.25, -0.2) is 0 Å². The van der Waals surface area contributed by atoms with Gasteiger partial charge in [-0.2, -0.15) is 0 Å². The molecular formula is C12H14ClNO. The molecular weight excluding hydrogens is 210 g/mol. The maximum absolute atomic E-state index is 11.5. The smallest absolute Gasteiger partial charge is 0.223 e. The van der Waals surface area contributed by atoms with Gasteiger partial charge in [0.05, 0.1) is 0 Å². The van der Waals surface area contributed by atoms with Crippen LogP contribution in [0.4, 0.5) is 0 Å². The molecule has 1 N–H and O–H groups in total. The first kappa shape index (κ1) is 10.5. The topological polar surface area (TPSA) is 29.1 Å². The van der Waals surface area contributed by atoms with Gasteiger partial charge in [-0.3, -0.25) is 4.79 Å². The van der Waals surface area contributed by atoms with E-state index in [2.05, 4.69) is 5.32 Å². The standard InChI is InChI=1S/C12H14ClNO/c13-11-5-3-9(4-6-11)8-10-2-1-7-14-12(10)15/h3-6,10H,1-2,7-8H2,(H,14,15)/t10-/m0/s1. The Hall–Kier alpha value is -1.02. The minimum absolute atomic E-state index is 0.139. The molecule has 1 fully saturated rings. The lowest BCUT2D eigenvalue weighted by Crippen LogP contribution is -2.37. The number of carbonyl (C=O) groups is 1. The summed E-state index contributed by atoms with van der Waals surface area (Å²) < 4.78 is 0. The quantitative estimate of drug-likeness (QED) is 0.820. The molecule has 0 radical (unpaired) electrons. The molecule has 1 amide bonds. The zero-order valence-corrected chi connectivity index (χ0v) is 9.26. The number of benzene rings is 1. The SMILES string of the molecule is O=C1NCCC[C@H]1Cc1ccc(Cl)cc1. The van der Waals surface area contributed by atoms with E-state index in [0.717, 1.165) is 30.8 Å². The van der Waals surface area contributed by atoms with Gasteiger partial charge in [-0.1, -0.05) is 23.7 Å². The zero-order chi connectivity index (χ0) is 10.7. The lowest BCUT2D eigenvalue weighted by Gasteiger charge is -2.21. The van der Waals surface area contributed by atoms with E-state index in [1.54, 1.807) is 0 Å². The maximum Gasteiger partial charge on any atom is 0.223 e. The molecule has 0 aliphatic carbocycles. The summed E-state index contributed by atoms with van der Waals surface area (Å²) in [5.41, 5.74) is 1.18. The van der Waals surface area contributed by atoms with Crippen molar-refractivity contribution < 1.29 is 4.79 Å². The Labute approximate surface area is 94.6 Å². The van der Waals surface area contributed by atoms with Crippen molar-refractivity contribution in [3.05, 3.63) is 34.9 Å². The number of hydrogen-bond acceptors (Lipinski definition) is 1. The third-order valence-corrected chi connectivity index (χ3v) is 3.05. The van der Waals surface area contributed by atoms with Gasteiger partial charge in [-0.05, 0) is 37.0 Å². The van der Waals surface area contributed by atoms with Crippen LogP contribution in [-0.4, -0.2) is 12.5 Å². The molecule has 1 atom stereocenters. The van der Waals surface area contributed by atoms with Gasteiger partial charge >= 0.3 is 0 Å². The van der Waals surface area contributed by atoms with Crippen molar-refractivity contribution in [2.45, 2.75) is 19.3 Å². The Morgan fingerprint density at radius 2 is 2.07 bits per heavy atom. The fourth-order valence-electron chi connectivity index (χ4n) is 1.94. The summed E-state index contributed by atoms with van der Waals surface area (Å²) in [5.74, 6) is 0.330. The van der Waals surface area contributed by atoms with E-state index in [-0.39, 0.29) is 11.8 Å². The number of halogens is 1. The molecule has 0 saturated carbocycles. The second kappa shape index (κ2) is 4.67. The van der Waals surface area contributed by atoms with Crippen LogP contribution in [0.5, 0.6) is 0 Å². The lowest BCUT2D eigenvalue weighted by atomic mass is 9.92. The Bertz CT molecular complexity index is 347. The third kappa shape index (κ3) is 2.72. The lowest BCUT2D eigenvalue weighted by molar-refractivity contribution is -0.126. The summed E-state index contributed by atoms with van der Waals surface area (Å²) in [7, 11) is 0. The molecule has 1 saturated heterocycles. The summed E-state index contributed by atoms with van der Waals surface area (Å²) in [6.07, 6.45) is 2.90. The van der Waals surface area contributed by atoms with E-state index in [1.807, 2.05) is 24.3 Å². The van der Waals surface area contributed by atoms with Crippen LogP contribution in [0.1, 0.15) is 18.4 Å². The summed E-state index contributed by atoms with van der Waals surface area (Å²) in [5, 5.41) is 3.64. The molecule has 80 valence electrons. The third-order valence-electron chi connectivity index (χ3n) is 2.79. The van der Waals surface area contributed by atoms with Crippen molar-refractivity contribution >= 4 is 17.5 Å². The zero-order valence-electron chi connectivity index (χ0n) is 8.50. The van der Waals surface area contributed by atoms with E-state index >= 15 is 0 Å². The monoisotopic (exact) mass is 223 g/mol. The fraction of sp³-hybridized carbons (Fsp3) is 0.417. The number of hydrogen-bond donors (Lipinski definition) is 1. The van der Waals surface area contributed by atoms with Gasteiger partial charge in [0.2, 0.25) is 5.91 Å². The molecule has 0 spiro atoms. The number of amides is 1. The molecule has 15 heavy (non-hydrogen) atoms. The predicted octanol–water partition coefficient (Wildman–Crippen LogP) is 2.41. The van der Waals surface area contributed by atoms with Crippen molar-refractivity contribution in [3.8, 4) is 0 Å². The minimum Gasteiger partial charge on any atom is -0.356 e. The van der Waals surface area contributed by atoms with Crippen LogP contribution in [0.3, 0.4) is 0 Å². The van der Waals surface area contributed by atoms with Crippen molar-refractivity contribution in [3.63, 3.8) is 0 Å². The fourth-order valence-corrected chi connectivity index (χ4v) is 2.06. The molecule has 1 aromatic carbocycles. The first-order chi connectivity index (χ1) is 7.25. The van der Waals surface area contributed by atoms with Gasteiger partial charge in [-0.15, -0.1) is 0 Å². The van der Waals surface area contributed by atoms with Crippen LogP contribution < -0.4 is 5.32 Å². The van der Waals surface area contributed by atoms with Gasteiger partial charge in [0.25, 0.3) is 0 Å². The molecule has 0 aromatic heterocycles. The first-order valence-electron chi connectivity index (χ1n) is 5.28. The van der Waals surface area contributed by atoms with E-state index < -0.39 is 0 Å². The first-order valence-corrected chi connectivity index (χ1v) is 5.65. The second-order valence-corrected chi connectivity index (χ2v) is 4.40. The molecule has 0 bridgehead atoms. The van der Waals surface area contributed by atoms with Crippen molar-refractivity contribution in [1.29, 1.82) is 0 Å². The van der Waals surface area contributed by atoms with Crippen LogP contribution in [0.25, 0.3) is 0 Å². The molecule has 2 nitrogen and oxygen atoms in total. The van der Waals surface area contributed by atoms with Crippen LogP contribution in [0, 0.1) is 5.92 Å². The predicted molar refractivity (Wildman–Crippen MR) is 60.9 cm³/mol. The van der Waals surface area contributed by atoms with Crippen LogP contribution >= 0.6 is 11.6 Å². The highest BCUT2D eigenvalue weighted by atomic mass is 35.5. The normalized spacial score (nSPS) is 21.1. The minimum atomic E-state index is 0.139. The highest BCUT2D eigenvalue weighted by Crippen LogP contribution is 2.18. The van der Waals surface area contributed by atoms with Crippen molar-refractivity contribution in [2.24, 2.45) is 5.92 Å². The Morgan fingerprint density at radius 1 is 1.33 bits per heavy atom. The van der Waals surface area contributed by atoms with E-state index in [0.29, 0.717) is 0 Å². The number of carbonyl (C=O) groups excluding carboxylic acids is 1. The van der Waals surface area contributed by atoms with Gasteiger partial charge in [0.1, 0.15) is 0 Å². The Morgan fingerprint density at radius 3 is 2.73 bits per heavy atom. The summed E-state index contributed by atoms with van der Waals surface area (Å²) in [6, 6.07) is 7.73. The Balaban J connectivity index is 2.01. The van der Waals surface area contributed by atoms with E-state index in [4.69, 9.17) is 11.6 Å². The molecule has 1 aromatic rings. The number of rotatable bonds is 2. The number of nitrogens with one attached hydrogen (secondary N) is 1. The number of piperidine rings is 1. The Kier molecular flexibility index (Phi) is 3.27. The molecule has 3 heteroatoms. The average Bonchev–Trinajstić information content (AvgIpc) is 2.25. The van der Waals surface area contributed by atoms with E-state index in [1.165, 1.54) is 5.56 Å². The maximum atomic E-state index is 11.5. The van der Waals surface area contributed by atoms with Crippen LogP contribution in [0.15, 0.2) is 24.3 Å². The second-order valence-electron chi connectivity index (χ2n) is 3.96. The highest BCUT2D eigenvalue weighted by molar-refractivity contribution is 6.30. The van der Waals surface area contributed by atoms with Crippen molar-refractivity contribution in [1.82, 2.24) is 5.32 Å². The highest BCUT2D eigenvalue weighted by Gasteiger charge is 2.21. The average molecular weight is 224 g/mol. The van der Waals surface area contributed by atoms with Gasteiger partial charge < -0.3 is 5.32 Å². The van der Waals surface area contributed by atoms with Gasteiger partial charge in [0, 0.05) is 17.5 Å². The van der Waals surface area contributed by atoms with Crippen molar-refractivity contribution in [2.75, 3.05) is 6.54 Å². The summed E-state index contributed by atoms with van der Waals surface area (Å²) >= 11 is 5.80. The molecule has 0 unspecified atom stereocenters. The molecule has 1 aliphatic heterocycles. The molecule has 2 rings (SSSR count).